The van der Waals surface area contributed by atoms with Gasteiger partial charge in [0.05, 0.1) is 5.75 Å². The maximum absolute atomic E-state index is 12.0. The van der Waals surface area contributed by atoms with Crippen LogP contribution in [0.25, 0.3) is 0 Å². The Hall–Kier alpha value is -2.07. The van der Waals surface area contributed by atoms with E-state index in [1.807, 2.05) is 0 Å². The van der Waals surface area contributed by atoms with Crippen molar-refractivity contribution in [2.75, 3.05) is 11.1 Å². The first-order valence-electron chi connectivity index (χ1n) is 8.03. The lowest BCUT2D eigenvalue weighted by atomic mass is 10.0. The third kappa shape index (κ3) is 5.53. The summed E-state index contributed by atoms with van der Waals surface area (Å²) < 4.78 is 0. The summed E-state index contributed by atoms with van der Waals surface area (Å²) in [6.07, 6.45) is 0. The van der Waals surface area contributed by atoms with E-state index in [1.54, 1.807) is 36.0 Å². The first-order valence-corrected chi connectivity index (χ1v) is 9.18. The zero-order valence-corrected chi connectivity index (χ0v) is 15.2. The molecule has 24 heavy (non-hydrogen) atoms. The minimum absolute atomic E-state index is 0.0203. The van der Waals surface area contributed by atoms with Crippen LogP contribution in [0.3, 0.4) is 0 Å². The standard InChI is InChI=1S/C20H23NO2S/c1-14(2)17-6-4-16(5-7-17)12-24-13-20(23)21-19-10-8-18(9-11-19)15(3)22/h4-11,14H,12-13H2,1-3H3,(H,21,23). The number of thioether (sulfide) groups is 1. The van der Waals surface area contributed by atoms with Gasteiger partial charge in [-0.3, -0.25) is 9.59 Å². The molecule has 2 rings (SSSR count). The lowest BCUT2D eigenvalue weighted by Gasteiger charge is -2.08. The van der Waals surface area contributed by atoms with Gasteiger partial charge in [-0.05, 0) is 48.2 Å². The van der Waals surface area contributed by atoms with E-state index in [-0.39, 0.29) is 11.7 Å². The number of hydrogen-bond donors (Lipinski definition) is 1. The Balaban J connectivity index is 1.77. The molecule has 0 aliphatic rings. The van der Waals surface area contributed by atoms with E-state index in [4.69, 9.17) is 0 Å². The molecule has 0 spiro atoms. The molecule has 0 aromatic heterocycles. The molecule has 4 heteroatoms. The van der Waals surface area contributed by atoms with Crippen molar-refractivity contribution in [1.82, 2.24) is 0 Å². The highest BCUT2D eigenvalue weighted by Crippen LogP contribution is 2.18. The number of ketones is 1. The van der Waals surface area contributed by atoms with E-state index in [0.29, 0.717) is 22.9 Å². The molecule has 0 unspecified atom stereocenters. The van der Waals surface area contributed by atoms with E-state index in [2.05, 4.69) is 43.4 Å². The minimum atomic E-state index is -0.0330. The summed E-state index contributed by atoms with van der Waals surface area (Å²) in [5.74, 6) is 1.74. The van der Waals surface area contributed by atoms with Crippen molar-refractivity contribution in [1.29, 1.82) is 0 Å². The van der Waals surface area contributed by atoms with Crippen LogP contribution in [0.2, 0.25) is 0 Å². The average molecular weight is 341 g/mol. The monoisotopic (exact) mass is 341 g/mol. The van der Waals surface area contributed by atoms with Crippen LogP contribution in [-0.4, -0.2) is 17.4 Å². The fourth-order valence-corrected chi connectivity index (χ4v) is 3.03. The zero-order chi connectivity index (χ0) is 17.5. The van der Waals surface area contributed by atoms with Gasteiger partial charge in [-0.2, -0.15) is 0 Å². The Kier molecular flexibility index (Phi) is 6.62. The summed E-state index contributed by atoms with van der Waals surface area (Å²) in [6, 6.07) is 15.5. The number of Topliss-reactive ketones (excluding diaryl/α,β-unsaturated/α-hetero) is 1. The molecule has 0 saturated heterocycles. The number of rotatable bonds is 7. The Morgan fingerprint density at radius 2 is 1.62 bits per heavy atom. The van der Waals surface area contributed by atoms with Crippen molar-refractivity contribution in [3.05, 3.63) is 65.2 Å². The molecule has 2 aromatic carbocycles. The summed E-state index contributed by atoms with van der Waals surface area (Å²) in [6.45, 7) is 5.88. The summed E-state index contributed by atoms with van der Waals surface area (Å²) in [4.78, 5) is 23.2. The molecular formula is C20H23NO2S. The molecule has 0 atom stereocenters. The number of carbonyl (C=O) groups excluding carboxylic acids is 2. The average Bonchev–Trinajstić information content (AvgIpc) is 2.55. The normalized spacial score (nSPS) is 10.7. The molecule has 0 saturated carbocycles. The predicted octanol–water partition coefficient (Wildman–Crippen LogP) is 4.88. The van der Waals surface area contributed by atoms with Crippen LogP contribution in [-0.2, 0) is 10.5 Å². The fourth-order valence-electron chi connectivity index (χ4n) is 2.25. The van der Waals surface area contributed by atoms with Gasteiger partial charge < -0.3 is 5.32 Å². The summed E-state index contributed by atoms with van der Waals surface area (Å²) in [5.41, 5.74) is 3.91. The van der Waals surface area contributed by atoms with Gasteiger partial charge >= 0.3 is 0 Å². The summed E-state index contributed by atoms with van der Waals surface area (Å²) in [5, 5.41) is 2.85. The topological polar surface area (TPSA) is 46.2 Å². The van der Waals surface area contributed by atoms with Gasteiger partial charge in [-0.15, -0.1) is 11.8 Å². The highest BCUT2D eigenvalue weighted by Gasteiger charge is 2.05. The van der Waals surface area contributed by atoms with Crippen LogP contribution < -0.4 is 5.32 Å². The highest BCUT2D eigenvalue weighted by molar-refractivity contribution is 7.99. The van der Waals surface area contributed by atoms with Crippen molar-refractivity contribution in [2.24, 2.45) is 0 Å². The Bertz CT molecular complexity index is 691. The molecule has 126 valence electrons. The number of carbonyl (C=O) groups is 2. The molecule has 0 aliphatic carbocycles. The van der Waals surface area contributed by atoms with Gasteiger partial charge in [0.2, 0.25) is 5.91 Å². The van der Waals surface area contributed by atoms with Crippen molar-refractivity contribution in [3.63, 3.8) is 0 Å². The van der Waals surface area contributed by atoms with E-state index < -0.39 is 0 Å². The fraction of sp³-hybridized carbons (Fsp3) is 0.300. The molecule has 0 aliphatic heterocycles. The minimum Gasteiger partial charge on any atom is -0.325 e. The molecule has 0 fully saturated rings. The van der Waals surface area contributed by atoms with Crippen molar-refractivity contribution in [3.8, 4) is 0 Å². The molecule has 2 aromatic rings. The lowest BCUT2D eigenvalue weighted by molar-refractivity contribution is -0.113. The predicted molar refractivity (Wildman–Crippen MR) is 102 cm³/mol. The molecule has 0 radical (unpaired) electrons. The van der Waals surface area contributed by atoms with Crippen molar-refractivity contribution in [2.45, 2.75) is 32.4 Å². The summed E-state index contributed by atoms with van der Waals surface area (Å²) in [7, 11) is 0. The lowest BCUT2D eigenvalue weighted by Crippen LogP contribution is -2.14. The molecule has 0 bridgehead atoms. The number of nitrogens with one attached hydrogen (secondary N) is 1. The Labute approximate surface area is 147 Å². The van der Waals surface area contributed by atoms with Crippen LogP contribution in [0, 0.1) is 0 Å². The van der Waals surface area contributed by atoms with Crippen LogP contribution in [0.15, 0.2) is 48.5 Å². The SMILES string of the molecule is CC(=O)c1ccc(NC(=O)CSCc2ccc(C(C)C)cc2)cc1. The van der Waals surface area contributed by atoms with Gasteiger partial charge in [0.15, 0.2) is 5.78 Å². The van der Waals surface area contributed by atoms with Gasteiger partial charge in [0.1, 0.15) is 0 Å². The van der Waals surface area contributed by atoms with Crippen LogP contribution in [0.1, 0.15) is 48.2 Å². The van der Waals surface area contributed by atoms with Gasteiger partial charge in [0, 0.05) is 17.0 Å². The van der Waals surface area contributed by atoms with Crippen LogP contribution >= 0.6 is 11.8 Å². The maximum atomic E-state index is 12.0. The Morgan fingerprint density at radius 1 is 1.00 bits per heavy atom. The largest absolute Gasteiger partial charge is 0.325 e. The second-order valence-electron chi connectivity index (χ2n) is 6.07. The van der Waals surface area contributed by atoms with Crippen molar-refractivity contribution < 1.29 is 9.59 Å². The first kappa shape index (κ1) is 18.3. The second-order valence-corrected chi connectivity index (χ2v) is 7.06. The van der Waals surface area contributed by atoms with E-state index in [0.717, 1.165) is 5.75 Å². The smallest absolute Gasteiger partial charge is 0.234 e. The first-order chi connectivity index (χ1) is 11.5. The molecule has 0 heterocycles. The third-order valence-corrected chi connectivity index (χ3v) is 4.73. The summed E-state index contributed by atoms with van der Waals surface area (Å²) >= 11 is 1.59. The van der Waals surface area contributed by atoms with E-state index in [1.165, 1.54) is 18.1 Å². The van der Waals surface area contributed by atoms with Crippen molar-refractivity contribution >= 4 is 29.1 Å². The number of benzene rings is 2. The third-order valence-electron chi connectivity index (χ3n) is 3.72. The quantitative estimate of drug-likeness (QED) is 0.730. The number of amides is 1. The number of hydrogen-bond acceptors (Lipinski definition) is 3. The highest BCUT2D eigenvalue weighted by atomic mass is 32.2. The molecule has 1 N–H and O–H groups in total. The van der Waals surface area contributed by atoms with E-state index in [9.17, 15) is 9.59 Å². The van der Waals surface area contributed by atoms with Crippen LogP contribution in [0.5, 0.6) is 0 Å². The molecule has 1 amide bonds. The second kappa shape index (κ2) is 8.69. The Morgan fingerprint density at radius 3 is 2.17 bits per heavy atom. The number of anilines is 1. The van der Waals surface area contributed by atoms with Gasteiger partial charge in [-0.25, -0.2) is 0 Å². The maximum Gasteiger partial charge on any atom is 0.234 e. The molecule has 3 nitrogen and oxygen atoms in total. The van der Waals surface area contributed by atoms with Crippen LogP contribution in [0.4, 0.5) is 5.69 Å². The molecular weight excluding hydrogens is 318 g/mol. The van der Waals surface area contributed by atoms with Gasteiger partial charge in [-0.1, -0.05) is 38.1 Å². The van der Waals surface area contributed by atoms with E-state index >= 15 is 0 Å². The zero-order valence-electron chi connectivity index (χ0n) is 14.3. The van der Waals surface area contributed by atoms with Gasteiger partial charge in [0.25, 0.3) is 0 Å².